The maximum absolute atomic E-state index is 12.4. The fraction of sp³-hybridized carbons (Fsp3) is 0.500. The zero-order valence-corrected chi connectivity index (χ0v) is 13.0. The summed E-state index contributed by atoms with van der Waals surface area (Å²) in [6, 6.07) is 3.32. The molecule has 0 bridgehead atoms. The molecular formula is C16H22N2O5. The molecule has 23 heavy (non-hydrogen) atoms. The average Bonchev–Trinajstić information content (AvgIpc) is 2.97. The third kappa shape index (κ3) is 3.92. The standard InChI is InChI=1S/C16H22N2O5/c1-23-14(21)11(8-10-4-5-12(19)13(20)9-10)18-15(22)16(17)6-2-3-7-16/h4-5,9,11,19-20H,2-3,6-8,17H2,1H3,(H,18,22). The first-order chi connectivity index (χ1) is 10.9. The number of rotatable bonds is 5. The second-order valence-electron chi connectivity index (χ2n) is 5.94. The van der Waals surface area contributed by atoms with Gasteiger partial charge in [-0.1, -0.05) is 18.9 Å². The van der Waals surface area contributed by atoms with Crippen LogP contribution < -0.4 is 11.1 Å². The summed E-state index contributed by atoms with van der Waals surface area (Å²) in [6.45, 7) is 0. The Hall–Kier alpha value is -2.28. The second-order valence-corrected chi connectivity index (χ2v) is 5.94. The van der Waals surface area contributed by atoms with Crippen LogP contribution in [0.3, 0.4) is 0 Å². The summed E-state index contributed by atoms with van der Waals surface area (Å²) in [5.41, 5.74) is 5.73. The predicted octanol–water partition coefficient (Wildman–Crippen LogP) is 0.570. The predicted molar refractivity (Wildman–Crippen MR) is 82.8 cm³/mol. The third-order valence-electron chi connectivity index (χ3n) is 4.22. The minimum Gasteiger partial charge on any atom is -0.504 e. The molecule has 7 heteroatoms. The van der Waals surface area contributed by atoms with Crippen molar-refractivity contribution in [3.05, 3.63) is 23.8 Å². The summed E-state index contributed by atoms with van der Waals surface area (Å²) in [5, 5.41) is 21.5. The Labute approximate surface area is 134 Å². The zero-order chi connectivity index (χ0) is 17.0. The molecule has 1 unspecified atom stereocenters. The van der Waals surface area contributed by atoms with E-state index in [0.717, 1.165) is 12.8 Å². The lowest BCUT2D eigenvalue weighted by molar-refractivity contribution is -0.145. The van der Waals surface area contributed by atoms with Crippen LogP contribution >= 0.6 is 0 Å². The topological polar surface area (TPSA) is 122 Å². The highest BCUT2D eigenvalue weighted by Gasteiger charge is 2.39. The maximum Gasteiger partial charge on any atom is 0.328 e. The monoisotopic (exact) mass is 322 g/mol. The van der Waals surface area contributed by atoms with E-state index in [9.17, 15) is 19.8 Å². The number of hydrogen-bond donors (Lipinski definition) is 4. The van der Waals surface area contributed by atoms with E-state index in [4.69, 9.17) is 10.5 Å². The van der Waals surface area contributed by atoms with Crippen LogP contribution in [-0.4, -0.2) is 40.8 Å². The van der Waals surface area contributed by atoms with E-state index in [0.29, 0.717) is 18.4 Å². The number of carbonyl (C=O) groups is 2. The van der Waals surface area contributed by atoms with Gasteiger partial charge in [0, 0.05) is 6.42 Å². The molecule has 1 saturated carbocycles. The summed E-state index contributed by atoms with van der Waals surface area (Å²) >= 11 is 0. The van der Waals surface area contributed by atoms with Gasteiger partial charge in [0.1, 0.15) is 6.04 Å². The Kier molecular flexibility index (Phi) is 5.10. The highest BCUT2D eigenvalue weighted by atomic mass is 16.5. The van der Waals surface area contributed by atoms with Crippen molar-refractivity contribution in [2.24, 2.45) is 5.73 Å². The molecule has 1 amide bonds. The van der Waals surface area contributed by atoms with Crippen LogP contribution in [0.4, 0.5) is 0 Å². The van der Waals surface area contributed by atoms with Gasteiger partial charge in [0.25, 0.3) is 0 Å². The van der Waals surface area contributed by atoms with E-state index in [2.05, 4.69) is 5.32 Å². The molecule has 2 rings (SSSR count). The molecular weight excluding hydrogens is 300 g/mol. The summed E-state index contributed by atoms with van der Waals surface area (Å²) in [5.74, 6) is -1.50. The molecule has 1 aromatic rings. The number of hydrogen-bond acceptors (Lipinski definition) is 6. The number of carbonyl (C=O) groups excluding carboxylic acids is 2. The molecule has 7 nitrogen and oxygen atoms in total. The van der Waals surface area contributed by atoms with Crippen LogP contribution in [0.2, 0.25) is 0 Å². The number of nitrogens with one attached hydrogen (secondary N) is 1. The number of methoxy groups -OCH3 is 1. The number of aromatic hydroxyl groups is 2. The Morgan fingerprint density at radius 3 is 2.52 bits per heavy atom. The molecule has 0 radical (unpaired) electrons. The SMILES string of the molecule is COC(=O)C(Cc1ccc(O)c(O)c1)NC(=O)C1(N)CCCC1. The van der Waals surface area contributed by atoms with Crippen molar-refractivity contribution < 1.29 is 24.5 Å². The molecule has 1 aliphatic carbocycles. The second kappa shape index (κ2) is 6.87. The van der Waals surface area contributed by atoms with Crippen molar-refractivity contribution in [1.82, 2.24) is 5.32 Å². The van der Waals surface area contributed by atoms with Crippen molar-refractivity contribution in [3.63, 3.8) is 0 Å². The van der Waals surface area contributed by atoms with Crippen molar-refractivity contribution >= 4 is 11.9 Å². The average molecular weight is 322 g/mol. The van der Waals surface area contributed by atoms with E-state index < -0.39 is 17.6 Å². The number of esters is 1. The Morgan fingerprint density at radius 1 is 1.30 bits per heavy atom. The smallest absolute Gasteiger partial charge is 0.328 e. The molecule has 5 N–H and O–H groups in total. The Morgan fingerprint density at radius 2 is 1.96 bits per heavy atom. The Balaban J connectivity index is 2.12. The van der Waals surface area contributed by atoms with Gasteiger partial charge in [-0.05, 0) is 30.5 Å². The fourth-order valence-electron chi connectivity index (χ4n) is 2.80. The van der Waals surface area contributed by atoms with Crippen LogP contribution in [0.5, 0.6) is 11.5 Å². The normalized spacial score (nSPS) is 17.5. The van der Waals surface area contributed by atoms with Crippen molar-refractivity contribution in [2.75, 3.05) is 7.11 Å². The van der Waals surface area contributed by atoms with Crippen molar-refractivity contribution in [3.8, 4) is 11.5 Å². The molecule has 1 aromatic carbocycles. The van der Waals surface area contributed by atoms with Crippen LogP contribution in [0.25, 0.3) is 0 Å². The first-order valence-corrected chi connectivity index (χ1v) is 7.54. The van der Waals surface area contributed by atoms with Gasteiger partial charge in [-0.3, -0.25) is 4.79 Å². The van der Waals surface area contributed by atoms with Gasteiger partial charge in [-0.2, -0.15) is 0 Å². The van der Waals surface area contributed by atoms with E-state index in [1.807, 2.05) is 0 Å². The quantitative estimate of drug-likeness (QED) is 0.464. The first kappa shape index (κ1) is 17.1. The number of ether oxygens (including phenoxy) is 1. The van der Waals surface area contributed by atoms with Gasteiger partial charge in [0.2, 0.25) is 5.91 Å². The number of phenolic OH excluding ortho intramolecular Hbond substituents is 2. The zero-order valence-electron chi connectivity index (χ0n) is 13.0. The van der Waals surface area contributed by atoms with Gasteiger partial charge in [0.05, 0.1) is 12.6 Å². The summed E-state index contributed by atoms with van der Waals surface area (Å²) in [4.78, 5) is 24.3. The molecule has 0 aromatic heterocycles. The summed E-state index contributed by atoms with van der Waals surface area (Å²) < 4.78 is 4.73. The summed E-state index contributed by atoms with van der Waals surface area (Å²) in [6.07, 6.45) is 3.08. The lowest BCUT2D eigenvalue weighted by Crippen LogP contribution is -2.56. The van der Waals surface area contributed by atoms with Gasteiger partial charge in [-0.15, -0.1) is 0 Å². The lowest BCUT2D eigenvalue weighted by atomic mass is 9.96. The number of nitrogens with two attached hydrogens (primary N) is 1. The first-order valence-electron chi connectivity index (χ1n) is 7.54. The van der Waals surface area contributed by atoms with Gasteiger partial charge < -0.3 is 26.0 Å². The molecule has 0 spiro atoms. The molecule has 0 aliphatic heterocycles. The highest BCUT2D eigenvalue weighted by Crippen LogP contribution is 2.28. The molecule has 126 valence electrons. The van der Waals surface area contributed by atoms with Crippen molar-refractivity contribution in [2.45, 2.75) is 43.7 Å². The van der Waals surface area contributed by atoms with E-state index in [-0.39, 0.29) is 23.8 Å². The molecule has 1 atom stereocenters. The Bertz CT molecular complexity index is 596. The lowest BCUT2D eigenvalue weighted by Gasteiger charge is -2.25. The van der Waals surface area contributed by atoms with E-state index in [1.165, 1.54) is 19.2 Å². The minimum atomic E-state index is -0.941. The van der Waals surface area contributed by atoms with Crippen molar-refractivity contribution in [1.29, 1.82) is 0 Å². The molecule has 0 heterocycles. The summed E-state index contributed by atoms with van der Waals surface area (Å²) in [7, 11) is 1.24. The van der Waals surface area contributed by atoms with Crippen LogP contribution in [0.1, 0.15) is 31.2 Å². The van der Waals surface area contributed by atoms with Gasteiger partial charge in [0.15, 0.2) is 11.5 Å². The largest absolute Gasteiger partial charge is 0.504 e. The maximum atomic E-state index is 12.4. The van der Waals surface area contributed by atoms with E-state index in [1.54, 1.807) is 6.07 Å². The molecule has 1 fully saturated rings. The number of phenols is 2. The van der Waals surface area contributed by atoms with Crippen LogP contribution in [0.15, 0.2) is 18.2 Å². The number of amides is 1. The fourth-order valence-corrected chi connectivity index (χ4v) is 2.80. The highest BCUT2D eigenvalue weighted by molar-refractivity contribution is 5.90. The third-order valence-corrected chi connectivity index (χ3v) is 4.22. The number of benzene rings is 1. The van der Waals surface area contributed by atoms with Gasteiger partial charge >= 0.3 is 5.97 Å². The van der Waals surface area contributed by atoms with Crippen LogP contribution in [0, 0.1) is 0 Å². The van der Waals surface area contributed by atoms with Crippen LogP contribution in [-0.2, 0) is 20.7 Å². The van der Waals surface area contributed by atoms with E-state index >= 15 is 0 Å². The molecule has 1 aliphatic rings. The van der Waals surface area contributed by atoms with Gasteiger partial charge in [-0.25, -0.2) is 4.79 Å². The minimum absolute atomic E-state index is 0.127. The molecule has 0 saturated heterocycles.